The van der Waals surface area contributed by atoms with Crippen LogP contribution in [0.15, 0.2) is 18.6 Å². The van der Waals surface area contributed by atoms with E-state index in [1.54, 1.807) is 6.20 Å². The fourth-order valence-electron chi connectivity index (χ4n) is 4.77. The average molecular weight is 377 g/mol. The summed E-state index contributed by atoms with van der Waals surface area (Å²) in [4.78, 5) is 16.2. The molecule has 9 heteroatoms. The van der Waals surface area contributed by atoms with Crippen molar-refractivity contribution < 1.29 is 0 Å². The van der Waals surface area contributed by atoms with Gasteiger partial charge >= 0.3 is 0 Å². The number of imidazole rings is 1. The van der Waals surface area contributed by atoms with E-state index in [-0.39, 0.29) is 0 Å². The zero-order valence-electron chi connectivity index (χ0n) is 15.8. The number of nitriles is 1. The third-order valence-electron chi connectivity index (χ3n) is 5.98. The molecule has 9 nitrogen and oxygen atoms in total. The molecule has 144 valence electrons. The number of nitrogens with one attached hydrogen (secondary N) is 2. The zero-order valence-corrected chi connectivity index (χ0v) is 15.8. The van der Waals surface area contributed by atoms with Gasteiger partial charge in [-0.1, -0.05) is 0 Å². The van der Waals surface area contributed by atoms with E-state index in [0.29, 0.717) is 36.0 Å². The van der Waals surface area contributed by atoms with Gasteiger partial charge in [-0.05, 0) is 32.6 Å². The summed E-state index contributed by atoms with van der Waals surface area (Å²) in [6.45, 7) is 2.85. The summed E-state index contributed by atoms with van der Waals surface area (Å²) < 4.78 is 2.19. The van der Waals surface area contributed by atoms with E-state index >= 15 is 0 Å². The summed E-state index contributed by atoms with van der Waals surface area (Å²) in [5, 5.41) is 19.2. The van der Waals surface area contributed by atoms with Crippen molar-refractivity contribution in [1.29, 1.82) is 5.26 Å². The summed E-state index contributed by atoms with van der Waals surface area (Å²) in [7, 11) is 0. The number of aromatic nitrogens is 6. The highest BCUT2D eigenvalue weighted by atomic mass is 15.3. The minimum absolute atomic E-state index is 0.373. The van der Waals surface area contributed by atoms with Crippen LogP contribution in [0.4, 0.5) is 11.6 Å². The maximum atomic E-state index is 8.93. The second-order valence-electron chi connectivity index (χ2n) is 7.77. The lowest BCUT2D eigenvalue weighted by atomic mass is 9.97. The molecule has 2 bridgehead atoms. The SMILES string of the molecule is Cc1cc(Nc2cnc3ncn(C4CC5CCC(C4)N5CCC#N)c3n2)n[nH]1. The summed E-state index contributed by atoms with van der Waals surface area (Å²) in [5.41, 5.74) is 2.47. The molecule has 5 rings (SSSR count). The molecule has 2 aliphatic heterocycles. The molecule has 0 aliphatic carbocycles. The van der Waals surface area contributed by atoms with Gasteiger partial charge in [-0.25, -0.2) is 15.0 Å². The van der Waals surface area contributed by atoms with Gasteiger partial charge in [0.2, 0.25) is 0 Å². The molecule has 0 radical (unpaired) electrons. The van der Waals surface area contributed by atoms with E-state index in [9.17, 15) is 0 Å². The van der Waals surface area contributed by atoms with E-state index in [1.807, 2.05) is 19.3 Å². The lowest BCUT2D eigenvalue weighted by molar-refractivity contribution is 0.110. The summed E-state index contributed by atoms with van der Waals surface area (Å²) >= 11 is 0. The lowest BCUT2D eigenvalue weighted by Gasteiger charge is -2.39. The standard InChI is InChI=1S/C19H23N9/c1-12-7-16(26-25-12)23-17-10-21-18-19(24-17)28(11-22-18)15-8-13-3-4-14(9-15)27(13)6-2-5-20/h7,10-11,13-15H,2-4,6,8-9H2,1H3,(H2,23,24,25,26). The molecular weight excluding hydrogens is 354 g/mol. The van der Waals surface area contributed by atoms with Crippen LogP contribution in [0.3, 0.4) is 0 Å². The Hall–Kier alpha value is -2.99. The molecule has 0 amide bonds. The largest absolute Gasteiger partial charge is 0.322 e. The second kappa shape index (κ2) is 6.87. The Kier molecular flexibility index (Phi) is 4.20. The molecule has 2 aliphatic rings. The number of hydrogen-bond donors (Lipinski definition) is 2. The van der Waals surface area contributed by atoms with Gasteiger partial charge in [0.15, 0.2) is 22.9 Å². The number of piperidine rings is 1. The van der Waals surface area contributed by atoms with Crippen LogP contribution < -0.4 is 5.32 Å². The van der Waals surface area contributed by atoms with Crippen LogP contribution in [-0.2, 0) is 0 Å². The van der Waals surface area contributed by atoms with Crippen LogP contribution in [0, 0.1) is 18.3 Å². The molecule has 3 aromatic rings. The summed E-state index contributed by atoms with van der Waals surface area (Å²) in [6, 6.07) is 5.69. The van der Waals surface area contributed by atoms with Gasteiger partial charge in [0.05, 0.1) is 18.6 Å². The van der Waals surface area contributed by atoms with Gasteiger partial charge in [-0.2, -0.15) is 10.4 Å². The number of aryl methyl sites for hydroxylation is 1. The van der Waals surface area contributed by atoms with E-state index in [2.05, 4.69) is 41.0 Å². The third-order valence-corrected chi connectivity index (χ3v) is 5.98. The Morgan fingerprint density at radius 2 is 2.04 bits per heavy atom. The molecule has 3 aromatic heterocycles. The molecule has 0 spiro atoms. The van der Waals surface area contributed by atoms with E-state index < -0.39 is 0 Å². The highest BCUT2D eigenvalue weighted by Gasteiger charge is 2.41. The molecule has 2 fully saturated rings. The maximum absolute atomic E-state index is 8.93. The Morgan fingerprint density at radius 1 is 1.21 bits per heavy atom. The monoisotopic (exact) mass is 377 g/mol. The van der Waals surface area contributed by atoms with Crippen molar-refractivity contribution >= 4 is 22.9 Å². The topological polar surface area (TPSA) is 111 Å². The molecule has 0 saturated carbocycles. The number of nitrogens with zero attached hydrogens (tertiary/aromatic N) is 7. The summed E-state index contributed by atoms with van der Waals surface area (Å²) in [6.07, 6.45) is 8.77. The van der Waals surface area contributed by atoms with Crippen LogP contribution >= 0.6 is 0 Å². The first-order valence-corrected chi connectivity index (χ1v) is 9.82. The van der Waals surface area contributed by atoms with Crippen LogP contribution in [0.2, 0.25) is 0 Å². The first-order valence-electron chi connectivity index (χ1n) is 9.82. The normalized spacial score (nSPS) is 24.5. The van der Waals surface area contributed by atoms with Crippen molar-refractivity contribution in [1.82, 2.24) is 34.6 Å². The number of hydrogen-bond acceptors (Lipinski definition) is 7. The van der Waals surface area contributed by atoms with Gasteiger partial charge in [0.25, 0.3) is 0 Å². The number of H-pyrrole nitrogens is 1. The predicted octanol–water partition coefficient (Wildman–Crippen LogP) is 2.68. The van der Waals surface area contributed by atoms with Crippen molar-refractivity contribution in [3.63, 3.8) is 0 Å². The minimum atomic E-state index is 0.373. The van der Waals surface area contributed by atoms with Crippen molar-refractivity contribution in [3.05, 3.63) is 24.3 Å². The van der Waals surface area contributed by atoms with Crippen LogP contribution in [-0.4, -0.2) is 53.2 Å². The van der Waals surface area contributed by atoms with Gasteiger partial charge in [0.1, 0.15) is 0 Å². The van der Waals surface area contributed by atoms with Crippen molar-refractivity contribution in [2.45, 2.75) is 57.2 Å². The predicted molar refractivity (Wildman–Crippen MR) is 104 cm³/mol. The second-order valence-corrected chi connectivity index (χ2v) is 7.77. The molecule has 2 unspecified atom stereocenters. The number of aromatic amines is 1. The van der Waals surface area contributed by atoms with Gasteiger partial charge in [-0.3, -0.25) is 10.00 Å². The van der Waals surface area contributed by atoms with Crippen molar-refractivity contribution in [2.75, 3.05) is 11.9 Å². The average Bonchev–Trinajstić information content (AvgIpc) is 3.36. The smallest absolute Gasteiger partial charge is 0.197 e. The number of fused-ring (bicyclic) bond motifs is 3. The molecule has 0 aromatic carbocycles. The third kappa shape index (κ3) is 2.99. The van der Waals surface area contributed by atoms with E-state index in [1.165, 1.54) is 12.8 Å². The molecule has 5 heterocycles. The lowest BCUT2D eigenvalue weighted by Crippen LogP contribution is -2.43. The molecule has 2 N–H and O–H groups in total. The molecule has 2 saturated heterocycles. The molecular formula is C19H23N9. The Balaban J connectivity index is 1.39. The fourth-order valence-corrected chi connectivity index (χ4v) is 4.77. The van der Waals surface area contributed by atoms with Gasteiger partial charge in [0, 0.05) is 42.9 Å². The molecule has 2 atom stereocenters. The summed E-state index contributed by atoms with van der Waals surface area (Å²) in [5.74, 6) is 1.39. The van der Waals surface area contributed by atoms with Crippen LogP contribution in [0.1, 0.15) is 43.8 Å². The highest BCUT2D eigenvalue weighted by Crippen LogP contribution is 2.41. The quantitative estimate of drug-likeness (QED) is 0.703. The number of anilines is 2. The Labute approximate surface area is 162 Å². The maximum Gasteiger partial charge on any atom is 0.197 e. The fraction of sp³-hybridized carbons (Fsp3) is 0.526. The van der Waals surface area contributed by atoms with Crippen LogP contribution in [0.25, 0.3) is 11.3 Å². The van der Waals surface area contributed by atoms with E-state index in [0.717, 1.165) is 36.5 Å². The zero-order chi connectivity index (χ0) is 19.1. The number of rotatable bonds is 5. The van der Waals surface area contributed by atoms with Crippen LogP contribution in [0.5, 0.6) is 0 Å². The van der Waals surface area contributed by atoms with E-state index in [4.69, 9.17) is 10.2 Å². The minimum Gasteiger partial charge on any atom is -0.322 e. The first-order chi connectivity index (χ1) is 13.7. The van der Waals surface area contributed by atoms with Crippen molar-refractivity contribution in [3.8, 4) is 6.07 Å². The van der Waals surface area contributed by atoms with Gasteiger partial charge in [-0.15, -0.1) is 0 Å². The van der Waals surface area contributed by atoms with Crippen molar-refractivity contribution in [2.24, 2.45) is 0 Å². The highest BCUT2D eigenvalue weighted by molar-refractivity contribution is 5.69. The Morgan fingerprint density at radius 3 is 2.75 bits per heavy atom. The Bertz CT molecular complexity index is 1020. The first kappa shape index (κ1) is 17.1. The molecule has 28 heavy (non-hydrogen) atoms. The van der Waals surface area contributed by atoms with Gasteiger partial charge < -0.3 is 9.88 Å².